The maximum atomic E-state index is 9.11. The van der Waals surface area contributed by atoms with E-state index in [1.807, 2.05) is 12.4 Å². The van der Waals surface area contributed by atoms with Crippen LogP contribution in [0.15, 0.2) is 18.5 Å². The molecule has 1 aromatic rings. The van der Waals surface area contributed by atoms with E-state index in [0.717, 1.165) is 32.4 Å². The van der Waals surface area contributed by atoms with E-state index in [1.54, 1.807) is 0 Å². The van der Waals surface area contributed by atoms with Crippen molar-refractivity contribution in [2.45, 2.75) is 39.7 Å². The van der Waals surface area contributed by atoms with Crippen LogP contribution in [-0.4, -0.2) is 23.2 Å². The van der Waals surface area contributed by atoms with Crippen molar-refractivity contribution in [1.29, 1.82) is 0 Å². The first-order valence-electron chi connectivity index (χ1n) is 6.19. The molecule has 16 heavy (non-hydrogen) atoms. The zero-order chi connectivity index (χ0) is 11.9. The average molecular weight is 224 g/mol. The van der Waals surface area contributed by atoms with E-state index < -0.39 is 0 Å². The molecule has 0 amide bonds. The summed E-state index contributed by atoms with van der Waals surface area (Å²) in [5.41, 5.74) is 1.54. The second-order valence-corrected chi connectivity index (χ2v) is 4.50. The van der Waals surface area contributed by atoms with Crippen molar-refractivity contribution in [3.8, 4) is 0 Å². The topological polar surface area (TPSA) is 48.0 Å². The lowest BCUT2D eigenvalue weighted by Gasteiger charge is -2.31. The molecule has 1 rings (SSSR count). The van der Waals surface area contributed by atoms with Gasteiger partial charge < -0.3 is 15.4 Å². The first kappa shape index (κ1) is 13.3. The van der Waals surface area contributed by atoms with Crippen LogP contribution in [0.4, 0.5) is 0 Å². The molecule has 3 heteroatoms. The molecule has 0 aliphatic carbocycles. The van der Waals surface area contributed by atoms with Crippen LogP contribution >= 0.6 is 0 Å². The zero-order valence-corrected chi connectivity index (χ0v) is 10.4. The Balaban J connectivity index is 2.37. The summed E-state index contributed by atoms with van der Waals surface area (Å²) in [6, 6.07) is 2.08. The Kier molecular flexibility index (Phi) is 5.56. The van der Waals surface area contributed by atoms with Gasteiger partial charge in [-0.15, -0.1) is 0 Å². The summed E-state index contributed by atoms with van der Waals surface area (Å²) in [5, 5.41) is 12.6. The quantitative estimate of drug-likeness (QED) is 0.634. The van der Waals surface area contributed by atoms with Crippen LogP contribution in [0, 0.1) is 5.41 Å². The van der Waals surface area contributed by atoms with E-state index in [9.17, 15) is 0 Å². The number of aliphatic hydroxyl groups excluding tert-OH is 1. The molecule has 0 saturated carbocycles. The van der Waals surface area contributed by atoms with Crippen molar-refractivity contribution in [3.63, 3.8) is 0 Å². The second-order valence-electron chi connectivity index (χ2n) is 4.50. The number of rotatable bonds is 8. The maximum Gasteiger partial charge on any atom is 0.0436 e. The molecule has 92 valence electrons. The number of aromatic amines is 1. The highest BCUT2D eigenvalue weighted by Crippen LogP contribution is 2.29. The van der Waals surface area contributed by atoms with Gasteiger partial charge in [0.1, 0.15) is 0 Å². The summed E-state index contributed by atoms with van der Waals surface area (Å²) in [6.45, 7) is 6.57. The smallest absolute Gasteiger partial charge is 0.0436 e. The lowest BCUT2D eigenvalue weighted by molar-refractivity contribution is 0.163. The summed E-state index contributed by atoms with van der Waals surface area (Å²) in [5.74, 6) is 0. The van der Waals surface area contributed by atoms with E-state index in [2.05, 4.69) is 30.2 Å². The molecule has 0 aromatic carbocycles. The summed E-state index contributed by atoms with van der Waals surface area (Å²) >= 11 is 0. The third kappa shape index (κ3) is 3.65. The highest BCUT2D eigenvalue weighted by Gasteiger charge is 2.24. The minimum absolute atomic E-state index is 0.255. The van der Waals surface area contributed by atoms with Crippen LogP contribution in [-0.2, 0) is 6.54 Å². The standard InChI is InChI=1S/C13H24N2O/c1-3-13(4-2,6-8-16)11-15-10-12-5-7-14-9-12/h5,7,9,14-16H,3-4,6,8,10-11H2,1-2H3. The minimum atomic E-state index is 0.255. The Morgan fingerprint density at radius 3 is 2.62 bits per heavy atom. The van der Waals surface area contributed by atoms with Gasteiger partial charge in [-0.25, -0.2) is 0 Å². The van der Waals surface area contributed by atoms with Crippen LogP contribution in [0.5, 0.6) is 0 Å². The van der Waals surface area contributed by atoms with Crippen molar-refractivity contribution in [3.05, 3.63) is 24.0 Å². The van der Waals surface area contributed by atoms with Gasteiger partial charge in [0.2, 0.25) is 0 Å². The zero-order valence-electron chi connectivity index (χ0n) is 10.4. The largest absolute Gasteiger partial charge is 0.396 e. The van der Waals surface area contributed by atoms with Gasteiger partial charge in [-0.1, -0.05) is 13.8 Å². The summed E-state index contributed by atoms with van der Waals surface area (Å²) in [7, 11) is 0. The van der Waals surface area contributed by atoms with Crippen LogP contribution in [0.1, 0.15) is 38.7 Å². The highest BCUT2D eigenvalue weighted by atomic mass is 16.3. The van der Waals surface area contributed by atoms with E-state index >= 15 is 0 Å². The molecular formula is C13H24N2O. The molecule has 0 spiro atoms. The summed E-state index contributed by atoms with van der Waals surface area (Å²) in [6.07, 6.45) is 7.07. The van der Waals surface area contributed by atoms with Crippen LogP contribution in [0.25, 0.3) is 0 Å². The Morgan fingerprint density at radius 2 is 2.12 bits per heavy atom. The summed E-state index contributed by atoms with van der Waals surface area (Å²) in [4.78, 5) is 3.05. The first-order chi connectivity index (χ1) is 7.76. The van der Waals surface area contributed by atoms with Crippen molar-refractivity contribution >= 4 is 0 Å². The molecule has 0 fully saturated rings. The molecule has 0 radical (unpaired) electrons. The van der Waals surface area contributed by atoms with Crippen LogP contribution in [0.2, 0.25) is 0 Å². The Morgan fingerprint density at radius 1 is 1.38 bits per heavy atom. The molecule has 0 saturated heterocycles. The van der Waals surface area contributed by atoms with E-state index in [1.165, 1.54) is 5.56 Å². The van der Waals surface area contributed by atoms with Gasteiger partial charge in [-0.2, -0.15) is 0 Å². The molecular weight excluding hydrogens is 200 g/mol. The second kappa shape index (κ2) is 6.71. The average Bonchev–Trinajstić information content (AvgIpc) is 2.81. The van der Waals surface area contributed by atoms with Gasteiger partial charge in [0.15, 0.2) is 0 Å². The molecule has 3 nitrogen and oxygen atoms in total. The van der Waals surface area contributed by atoms with Gasteiger partial charge >= 0.3 is 0 Å². The highest BCUT2D eigenvalue weighted by molar-refractivity contribution is 5.07. The fourth-order valence-electron chi connectivity index (χ4n) is 2.12. The molecule has 3 N–H and O–H groups in total. The SMILES string of the molecule is CCC(CC)(CCO)CNCc1cc[nH]c1. The van der Waals surface area contributed by atoms with E-state index in [-0.39, 0.29) is 12.0 Å². The lowest BCUT2D eigenvalue weighted by Crippen LogP contribution is -2.34. The molecule has 0 aliphatic heterocycles. The van der Waals surface area contributed by atoms with Crippen LogP contribution in [0.3, 0.4) is 0 Å². The van der Waals surface area contributed by atoms with Gasteiger partial charge in [0.05, 0.1) is 0 Å². The molecule has 0 bridgehead atoms. The predicted molar refractivity (Wildman–Crippen MR) is 67.2 cm³/mol. The lowest BCUT2D eigenvalue weighted by atomic mass is 9.79. The van der Waals surface area contributed by atoms with Crippen molar-refractivity contribution < 1.29 is 5.11 Å². The van der Waals surface area contributed by atoms with E-state index in [4.69, 9.17) is 5.11 Å². The number of nitrogens with one attached hydrogen (secondary N) is 2. The first-order valence-corrected chi connectivity index (χ1v) is 6.19. The number of hydrogen-bond donors (Lipinski definition) is 3. The monoisotopic (exact) mass is 224 g/mol. The van der Waals surface area contributed by atoms with Gasteiger partial charge in [-0.3, -0.25) is 0 Å². The van der Waals surface area contributed by atoms with Gasteiger partial charge in [-0.05, 0) is 36.3 Å². The van der Waals surface area contributed by atoms with Gasteiger partial charge in [0, 0.05) is 32.1 Å². The number of hydrogen-bond acceptors (Lipinski definition) is 2. The molecule has 1 aromatic heterocycles. The predicted octanol–water partition coefficient (Wildman–Crippen LogP) is 2.29. The summed E-state index contributed by atoms with van der Waals surface area (Å²) < 4.78 is 0. The number of H-pyrrole nitrogens is 1. The normalized spacial score (nSPS) is 11.9. The fourth-order valence-corrected chi connectivity index (χ4v) is 2.12. The fraction of sp³-hybridized carbons (Fsp3) is 0.692. The Hall–Kier alpha value is -0.800. The van der Waals surface area contributed by atoms with Crippen molar-refractivity contribution in [1.82, 2.24) is 10.3 Å². The molecule has 0 unspecified atom stereocenters. The molecule has 0 aliphatic rings. The van der Waals surface area contributed by atoms with Crippen molar-refractivity contribution in [2.24, 2.45) is 5.41 Å². The minimum Gasteiger partial charge on any atom is -0.396 e. The number of aromatic nitrogens is 1. The third-order valence-electron chi connectivity index (χ3n) is 3.63. The Bertz CT molecular complexity index is 265. The third-order valence-corrected chi connectivity index (χ3v) is 3.63. The van der Waals surface area contributed by atoms with Gasteiger partial charge in [0.25, 0.3) is 0 Å². The van der Waals surface area contributed by atoms with Crippen molar-refractivity contribution in [2.75, 3.05) is 13.2 Å². The van der Waals surface area contributed by atoms with Crippen LogP contribution < -0.4 is 5.32 Å². The Labute approximate surface area is 98.3 Å². The van der Waals surface area contributed by atoms with E-state index in [0.29, 0.717) is 0 Å². The number of aliphatic hydroxyl groups is 1. The maximum absolute atomic E-state index is 9.11. The molecule has 1 heterocycles. The molecule has 0 atom stereocenters.